The average Bonchev–Trinajstić information content (AvgIpc) is 2.76. The van der Waals surface area contributed by atoms with Gasteiger partial charge in [0.2, 0.25) is 5.82 Å². The number of H-pyrrole nitrogens is 1. The Balaban J connectivity index is 2.21. The standard InChI is InChI=1S/C11H20N4O2/c1-4-9-13-10(15-14-9)11(16)12-5-6-17-7-8(2)3/h8H,4-7H2,1-3H3,(H,12,16)(H,13,14,15). The molecule has 17 heavy (non-hydrogen) atoms. The van der Waals surface area contributed by atoms with Crippen LogP contribution in [0.5, 0.6) is 0 Å². The summed E-state index contributed by atoms with van der Waals surface area (Å²) in [5.41, 5.74) is 0. The molecule has 1 rings (SSSR count). The van der Waals surface area contributed by atoms with Gasteiger partial charge in [-0.25, -0.2) is 4.98 Å². The number of rotatable bonds is 7. The average molecular weight is 240 g/mol. The van der Waals surface area contributed by atoms with E-state index in [2.05, 4.69) is 34.3 Å². The minimum atomic E-state index is -0.269. The Bertz CT molecular complexity index is 349. The van der Waals surface area contributed by atoms with Crippen LogP contribution in [0, 0.1) is 5.92 Å². The number of aryl methyl sites for hydroxylation is 1. The monoisotopic (exact) mass is 240 g/mol. The van der Waals surface area contributed by atoms with Gasteiger partial charge in [0, 0.05) is 19.6 Å². The van der Waals surface area contributed by atoms with Crippen molar-refractivity contribution in [3.05, 3.63) is 11.6 Å². The normalized spacial score (nSPS) is 10.8. The van der Waals surface area contributed by atoms with Gasteiger partial charge in [0.25, 0.3) is 5.91 Å². The van der Waals surface area contributed by atoms with E-state index in [9.17, 15) is 4.79 Å². The lowest BCUT2D eigenvalue weighted by Crippen LogP contribution is -2.28. The molecule has 6 heteroatoms. The number of nitrogens with zero attached hydrogens (tertiary/aromatic N) is 2. The quantitative estimate of drug-likeness (QED) is 0.690. The fraction of sp³-hybridized carbons (Fsp3) is 0.727. The third kappa shape index (κ3) is 4.95. The number of aromatic nitrogens is 3. The van der Waals surface area contributed by atoms with Crippen LogP contribution in [-0.4, -0.2) is 40.8 Å². The summed E-state index contributed by atoms with van der Waals surface area (Å²) in [4.78, 5) is 15.6. The maximum absolute atomic E-state index is 11.6. The molecule has 0 bridgehead atoms. The van der Waals surface area contributed by atoms with E-state index in [1.54, 1.807) is 0 Å². The Morgan fingerprint density at radius 1 is 1.53 bits per heavy atom. The minimum absolute atomic E-state index is 0.186. The van der Waals surface area contributed by atoms with Gasteiger partial charge >= 0.3 is 0 Å². The number of hydrogen-bond acceptors (Lipinski definition) is 4. The van der Waals surface area contributed by atoms with Crippen LogP contribution in [0.1, 0.15) is 37.2 Å². The molecule has 0 aliphatic heterocycles. The zero-order chi connectivity index (χ0) is 12.7. The summed E-state index contributed by atoms with van der Waals surface area (Å²) in [6, 6.07) is 0. The second-order valence-corrected chi connectivity index (χ2v) is 4.18. The zero-order valence-electron chi connectivity index (χ0n) is 10.6. The molecule has 1 amide bonds. The molecule has 0 radical (unpaired) electrons. The molecule has 0 saturated heterocycles. The fourth-order valence-electron chi connectivity index (χ4n) is 1.19. The van der Waals surface area contributed by atoms with Crippen molar-refractivity contribution in [2.75, 3.05) is 19.8 Å². The summed E-state index contributed by atoms with van der Waals surface area (Å²) in [6.07, 6.45) is 0.734. The Morgan fingerprint density at radius 2 is 2.29 bits per heavy atom. The first-order valence-corrected chi connectivity index (χ1v) is 5.90. The van der Waals surface area contributed by atoms with Crippen molar-refractivity contribution >= 4 is 5.91 Å². The highest BCUT2D eigenvalue weighted by Crippen LogP contribution is 1.94. The summed E-state index contributed by atoms with van der Waals surface area (Å²) in [7, 11) is 0. The van der Waals surface area contributed by atoms with E-state index in [0.717, 1.165) is 6.42 Å². The second-order valence-electron chi connectivity index (χ2n) is 4.18. The summed E-state index contributed by atoms with van der Waals surface area (Å²) in [6.45, 7) is 7.80. The van der Waals surface area contributed by atoms with E-state index in [-0.39, 0.29) is 11.7 Å². The molecule has 0 aromatic carbocycles. The van der Waals surface area contributed by atoms with Crippen molar-refractivity contribution in [3.8, 4) is 0 Å². The van der Waals surface area contributed by atoms with Crippen LogP contribution in [0.2, 0.25) is 0 Å². The number of ether oxygens (including phenoxy) is 1. The number of aromatic amines is 1. The summed E-state index contributed by atoms with van der Waals surface area (Å²) >= 11 is 0. The fourth-order valence-corrected chi connectivity index (χ4v) is 1.19. The molecule has 0 aliphatic rings. The molecule has 0 aliphatic carbocycles. The lowest BCUT2D eigenvalue weighted by atomic mass is 10.2. The first-order chi connectivity index (χ1) is 8.13. The lowest BCUT2D eigenvalue weighted by molar-refractivity contribution is 0.0878. The first kappa shape index (κ1) is 13.6. The predicted molar refractivity (Wildman–Crippen MR) is 63.8 cm³/mol. The third-order valence-electron chi connectivity index (χ3n) is 2.05. The molecule has 1 heterocycles. The molecule has 0 spiro atoms. The molecular formula is C11H20N4O2. The van der Waals surface area contributed by atoms with Crippen LogP contribution in [0.15, 0.2) is 0 Å². The van der Waals surface area contributed by atoms with Crippen LogP contribution >= 0.6 is 0 Å². The van der Waals surface area contributed by atoms with E-state index in [0.29, 0.717) is 31.5 Å². The molecule has 0 unspecified atom stereocenters. The van der Waals surface area contributed by atoms with Gasteiger partial charge in [-0.05, 0) is 5.92 Å². The van der Waals surface area contributed by atoms with Gasteiger partial charge in [0.05, 0.1) is 6.61 Å². The Morgan fingerprint density at radius 3 is 2.88 bits per heavy atom. The first-order valence-electron chi connectivity index (χ1n) is 5.90. The van der Waals surface area contributed by atoms with E-state index in [1.165, 1.54) is 0 Å². The molecule has 6 nitrogen and oxygen atoms in total. The van der Waals surface area contributed by atoms with E-state index in [1.807, 2.05) is 6.92 Å². The number of carbonyl (C=O) groups excluding carboxylic acids is 1. The summed E-state index contributed by atoms with van der Waals surface area (Å²) in [5.74, 6) is 1.14. The molecule has 2 N–H and O–H groups in total. The number of amides is 1. The van der Waals surface area contributed by atoms with Gasteiger partial charge in [0.15, 0.2) is 0 Å². The van der Waals surface area contributed by atoms with E-state index >= 15 is 0 Å². The van der Waals surface area contributed by atoms with Gasteiger partial charge in [-0.3, -0.25) is 9.89 Å². The Hall–Kier alpha value is -1.43. The molecule has 1 aromatic rings. The highest BCUT2D eigenvalue weighted by Gasteiger charge is 2.10. The van der Waals surface area contributed by atoms with Crippen molar-refractivity contribution in [2.45, 2.75) is 27.2 Å². The minimum Gasteiger partial charge on any atom is -0.379 e. The Kier molecular flexibility index (Phi) is 5.62. The molecule has 0 fully saturated rings. The van der Waals surface area contributed by atoms with Crippen LogP contribution in [-0.2, 0) is 11.2 Å². The SMILES string of the molecule is CCc1nc(C(=O)NCCOCC(C)C)n[nH]1. The van der Waals surface area contributed by atoms with E-state index in [4.69, 9.17) is 4.74 Å². The topological polar surface area (TPSA) is 79.9 Å². The molecule has 0 saturated carbocycles. The predicted octanol–water partition coefficient (Wildman–Crippen LogP) is 0.769. The highest BCUT2D eigenvalue weighted by atomic mass is 16.5. The van der Waals surface area contributed by atoms with Crippen LogP contribution < -0.4 is 5.32 Å². The molecular weight excluding hydrogens is 220 g/mol. The van der Waals surface area contributed by atoms with Gasteiger partial charge in [-0.15, -0.1) is 5.10 Å². The van der Waals surface area contributed by atoms with Crippen molar-refractivity contribution in [2.24, 2.45) is 5.92 Å². The van der Waals surface area contributed by atoms with Gasteiger partial charge < -0.3 is 10.1 Å². The van der Waals surface area contributed by atoms with Crippen LogP contribution in [0.4, 0.5) is 0 Å². The van der Waals surface area contributed by atoms with Gasteiger partial charge in [0.1, 0.15) is 5.82 Å². The van der Waals surface area contributed by atoms with Crippen molar-refractivity contribution in [1.29, 1.82) is 0 Å². The second kappa shape index (κ2) is 7.01. The molecule has 0 atom stereocenters. The van der Waals surface area contributed by atoms with Gasteiger partial charge in [-0.2, -0.15) is 0 Å². The van der Waals surface area contributed by atoms with Gasteiger partial charge in [-0.1, -0.05) is 20.8 Å². The largest absolute Gasteiger partial charge is 0.379 e. The highest BCUT2D eigenvalue weighted by molar-refractivity contribution is 5.90. The van der Waals surface area contributed by atoms with Crippen molar-refractivity contribution in [3.63, 3.8) is 0 Å². The smallest absolute Gasteiger partial charge is 0.291 e. The van der Waals surface area contributed by atoms with Crippen molar-refractivity contribution in [1.82, 2.24) is 20.5 Å². The zero-order valence-corrected chi connectivity index (χ0v) is 10.6. The number of carbonyl (C=O) groups is 1. The van der Waals surface area contributed by atoms with E-state index < -0.39 is 0 Å². The molecule has 1 aromatic heterocycles. The van der Waals surface area contributed by atoms with Crippen molar-refractivity contribution < 1.29 is 9.53 Å². The number of nitrogens with one attached hydrogen (secondary N) is 2. The summed E-state index contributed by atoms with van der Waals surface area (Å²) < 4.78 is 5.34. The van der Waals surface area contributed by atoms with Crippen LogP contribution in [0.25, 0.3) is 0 Å². The maximum Gasteiger partial charge on any atom is 0.291 e. The van der Waals surface area contributed by atoms with Crippen LogP contribution in [0.3, 0.4) is 0 Å². The molecule has 96 valence electrons. The number of hydrogen-bond donors (Lipinski definition) is 2. The summed E-state index contributed by atoms with van der Waals surface area (Å²) in [5, 5.41) is 9.23. The maximum atomic E-state index is 11.6. The third-order valence-corrected chi connectivity index (χ3v) is 2.05. The Labute approximate surface area is 101 Å². The lowest BCUT2D eigenvalue weighted by Gasteiger charge is -2.06.